The van der Waals surface area contributed by atoms with Crippen LogP contribution in [-0.4, -0.2) is 9.97 Å². The van der Waals surface area contributed by atoms with Crippen molar-refractivity contribution in [2.75, 3.05) is 0 Å². The number of aromatic nitrogens is 2. The fourth-order valence-electron chi connectivity index (χ4n) is 3.42. The third kappa shape index (κ3) is 2.54. The molecule has 26 heavy (non-hydrogen) atoms. The predicted octanol–water partition coefficient (Wildman–Crippen LogP) is 2.32. The molecule has 2 aromatic rings. The topological polar surface area (TPSA) is 133 Å². The van der Waals surface area contributed by atoms with Crippen LogP contribution < -0.4 is 5.32 Å². The van der Waals surface area contributed by atoms with Crippen LogP contribution in [0.15, 0.2) is 49.1 Å². The molecule has 0 spiro atoms. The SMILES string of the molecule is N#CC1(C#N)CC(C#N)(C#N)C(c2cccnc2)NC1c1cccnc1. The fourth-order valence-corrected chi connectivity index (χ4v) is 3.42. The van der Waals surface area contributed by atoms with Gasteiger partial charge in [0.1, 0.15) is 0 Å². The summed E-state index contributed by atoms with van der Waals surface area (Å²) in [6.07, 6.45) is 6.15. The highest BCUT2D eigenvalue weighted by molar-refractivity contribution is 5.39. The summed E-state index contributed by atoms with van der Waals surface area (Å²) in [7, 11) is 0. The largest absolute Gasteiger partial charge is 0.298 e. The third-order valence-corrected chi connectivity index (χ3v) is 4.71. The Balaban J connectivity index is 2.19. The van der Waals surface area contributed by atoms with Crippen molar-refractivity contribution in [3.05, 3.63) is 60.2 Å². The lowest BCUT2D eigenvalue weighted by Crippen LogP contribution is -2.52. The van der Waals surface area contributed by atoms with Gasteiger partial charge in [-0.25, -0.2) is 0 Å². The Morgan fingerprint density at radius 3 is 1.54 bits per heavy atom. The minimum atomic E-state index is -1.58. The number of hydrogen-bond donors (Lipinski definition) is 1. The maximum atomic E-state index is 9.79. The molecule has 0 aromatic carbocycles. The predicted molar refractivity (Wildman–Crippen MR) is 89.0 cm³/mol. The zero-order chi connectivity index (χ0) is 18.6. The molecule has 3 rings (SSSR count). The fraction of sp³-hybridized carbons (Fsp3) is 0.263. The minimum Gasteiger partial charge on any atom is -0.298 e. The second-order valence-electron chi connectivity index (χ2n) is 6.17. The van der Waals surface area contributed by atoms with E-state index in [0.717, 1.165) is 0 Å². The highest BCUT2D eigenvalue weighted by Crippen LogP contribution is 2.53. The minimum absolute atomic E-state index is 0.202. The molecule has 1 fully saturated rings. The van der Waals surface area contributed by atoms with E-state index in [1.807, 2.05) is 24.3 Å². The van der Waals surface area contributed by atoms with E-state index in [1.54, 1.807) is 49.1 Å². The normalized spacial score (nSPS) is 22.8. The van der Waals surface area contributed by atoms with Crippen LogP contribution in [-0.2, 0) is 0 Å². The van der Waals surface area contributed by atoms with Gasteiger partial charge in [0.15, 0.2) is 10.8 Å². The van der Waals surface area contributed by atoms with Crippen molar-refractivity contribution in [3.8, 4) is 24.3 Å². The van der Waals surface area contributed by atoms with Crippen LogP contribution in [0.25, 0.3) is 0 Å². The Bertz CT molecular complexity index is 850. The summed E-state index contributed by atoms with van der Waals surface area (Å²) in [6, 6.07) is 13.7. The Labute approximate surface area is 150 Å². The summed E-state index contributed by atoms with van der Waals surface area (Å²) in [6.45, 7) is 0. The summed E-state index contributed by atoms with van der Waals surface area (Å²) in [5.74, 6) is 0. The van der Waals surface area contributed by atoms with E-state index in [2.05, 4.69) is 15.3 Å². The Hall–Kier alpha value is -3.78. The first-order chi connectivity index (χ1) is 12.6. The standard InChI is InChI=1S/C19H13N7/c20-10-18(11-21)9-19(12-22,13-23)17(15-4-2-6-25-8-15)26-16(18)14-3-1-5-24-7-14/h1-8,16-17,26H,9H2. The number of nitrogens with one attached hydrogen (secondary N) is 1. The Kier molecular flexibility index (Phi) is 4.34. The van der Waals surface area contributed by atoms with E-state index < -0.39 is 22.9 Å². The zero-order valence-corrected chi connectivity index (χ0v) is 13.7. The lowest BCUT2D eigenvalue weighted by atomic mass is 9.61. The van der Waals surface area contributed by atoms with Crippen LogP contribution in [0.3, 0.4) is 0 Å². The van der Waals surface area contributed by atoms with Crippen molar-refractivity contribution in [1.82, 2.24) is 15.3 Å². The molecule has 0 amide bonds. The summed E-state index contributed by atoms with van der Waals surface area (Å²) >= 11 is 0. The van der Waals surface area contributed by atoms with Crippen LogP contribution >= 0.6 is 0 Å². The van der Waals surface area contributed by atoms with Crippen molar-refractivity contribution in [2.45, 2.75) is 18.5 Å². The molecule has 7 nitrogen and oxygen atoms in total. The highest BCUT2D eigenvalue weighted by Gasteiger charge is 2.58. The lowest BCUT2D eigenvalue weighted by Gasteiger charge is -2.45. The van der Waals surface area contributed by atoms with Crippen molar-refractivity contribution < 1.29 is 0 Å². The van der Waals surface area contributed by atoms with Gasteiger partial charge in [-0.05, 0) is 23.3 Å². The van der Waals surface area contributed by atoms with Gasteiger partial charge in [0.05, 0.1) is 36.4 Å². The van der Waals surface area contributed by atoms with Gasteiger partial charge < -0.3 is 0 Å². The van der Waals surface area contributed by atoms with E-state index in [1.165, 1.54) is 0 Å². The van der Waals surface area contributed by atoms with E-state index >= 15 is 0 Å². The van der Waals surface area contributed by atoms with Crippen molar-refractivity contribution >= 4 is 0 Å². The number of nitrogens with zero attached hydrogens (tertiary/aromatic N) is 6. The van der Waals surface area contributed by atoms with Gasteiger partial charge >= 0.3 is 0 Å². The van der Waals surface area contributed by atoms with Gasteiger partial charge in [0.25, 0.3) is 0 Å². The smallest absolute Gasteiger partial charge is 0.165 e. The van der Waals surface area contributed by atoms with Crippen LogP contribution in [0.5, 0.6) is 0 Å². The summed E-state index contributed by atoms with van der Waals surface area (Å²) in [5.41, 5.74) is -1.86. The Morgan fingerprint density at radius 1 is 0.808 bits per heavy atom. The molecule has 2 atom stereocenters. The molecule has 1 aliphatic heterocycles. The van der Waals surface area contributed by atoms with Gasteiger partial charge in [-0.15, -0.1) is 0 Å². The average Bonchev–Trinajstić information content (AvgIpc) is 2.74. The number of hydrogen-bond acceptors (Lipinski definition) is 7. The van der Waals surface area contributed by atoms with Crippen LogP contribution in [0.4, 0.5) is 0 Å². The van der Waals surface area contributed by atoms with Gasteiger partial charge in [0, 0.05) is 31.2 Å². The molecule has 2 aromatic heterocycles. The molecule has 0 radical (unpaired) electrons. The summed E-state index contributed by atoms with van der Waals surface area (Å²) in [5, 5.41) is 42.4. The van der Waals surface area contributed by atoms with E-state index in [-0.39, 0.29) is 6.42 Å². The van der Waals surface area contributed by atoms with E-state index in [0.29, 0.717) is 11.1 Å². The number of rotatable bonds is 2. The molecule has 0 aliphatic carbocycles. The monoisotopic (exact) mass is 339 g/mol. The van der Waals surface area contributed by atoms with Crippen molar-refractivity contribution in [3.63, 3.8) is 0 Å². The van der Waals surface area contributed by atoms with Crippen LogP contribution in [0, 0.1) is 56.2 Å². The average molecular weight is 339 g/mol. The molecule has 0 bridgehead atoms. The summed E-state index contributed by atoms with van der Waals surface area (Å²) in [4.78, 5) is 8.13. The number of piperidine rings is 1. The molecule has 1 saturated heterocycles. The van der Waals surface area contributed by atoms with E-state index in [4.69, 9.17) is 0 Å². The summed E-state index contributed by atoms with van der Waals surface area (Å²) < 4.78 is 0. The molecule has 0 saturated carbocycles. The van der Waals surface area contributed by atoms with Crippen LogP contribution in [0.2, 0.25) is 0 Å². The Morgan fingerprint density at radius 2 is 1.23 bits per heavy atom. The highest BCUT2D eigenvalue weighted by atomic mass is 15.0. The maximum Gasteiger partial charge on any atom is 0.165 e. The quantitative estimate of drug-likeness (QED) is 0.887. The molecule has 2 unspecified atom stereocenters. The number of nitriles is 4. The molecule has 7 heteroatoms. The first-order valence-electron chi connectivity index (χ1n) is 7.85. The van der Waals surface area contributed by atoms with Gasteiger partial charge in [-0.3, -0.25) is 15.3 Å². The van der Waals surface area contributed by atoms with E-state index in [9.17, 15) is 21.0 Å². The van der Waals surface area contributed by atoms with Crippen molar-refractivity contribution in [2.24, 2.45) is 10.8 Å². The molecule has 3 heterocycles. The van der Waals surface area contributed by atoms with Crippen LogP contribution in [0.1, 0.15) is 29.6 Å². The molecule has 1 aliphatic rings. The first-order valence-corrected chi connectivity index (χ1v) is 7.85. The molecular weight excluding hydrogens is 326 g/mol. The second kappa shape index (κ2) is 6.61. The second-order valence-corrected chi connectivity index (χ2v) is 6.17. The zero-order valence-electron chi connectivity index (χ0n) is 13.7. The van der Waals surface area contributed by atoms with Gasteiger partial charge in [-0.1, -0.05) is 12.1 Å². The number of pyridine rings is 2. The third-order valence-electron chi connectivity index (χ3n) is 4.71. The lowest BCUT2D eigenvalue weighted by molar-refractivity contribution is 0.136. The van der Waals surface area contributed by atoms with Crippen molar-refractivity contribution in [1.29, 1.82) is 21.0 Å². The maximum absolute atomic E-state index is 9.79. The van der Waals surface area contributed by atoms with Gasteiger partial charge in [-0.2, -0.15) is 21.0 Å². The molecule has 124 valence electrons. The molecular formula is C19H13N7. The molecule has 1 N–H and O–H groups in total. The first kappa shape index (κ1) is 17.1. The van der Waals surface area contributed by atoms with Gasteiger partial charge in [0.2, 0.25) is 0 Å².